The molecule has 0 aliphatic rings. The van der Waals surface area contributed by atoms with Crippen LogP contribution in [0.15, 0.2) is 30.6 Å². The molecule has 1 heterocycles. The van der Waals surface area contributed by atoms with Crippen LogP contribution in [0.4, 0.5) is 0 Å². The fraction of sp³-hybridized carbons (Fsp3) is 0.111. The zero-order valence-corrected chi connectivity index (χ0v) is 6.41. The van der Waals surface area contributed by atoms with Gasteiger partial charge in [-0.2, -0.15) is 0 Å². The van der Waals surface area contributed by atoms with Crippen LogP contribution in [0, 0.1) is 5.41 Å². The Kier molecular flexibility index (Phi) is 2.55. The van der Waals surface area contributed by atoms with Gasteiger partial charge in [-0.05, 0) is 24.6 Å². The lowest BCUT2D eigenvalue weighted by Gasteiger charge is -1.88. The third-order valence-electron chi connectivity index (χ3n) is 1.21. The second-order valence-corrected chi connectivity index (χ2v) is 2.30. The van der Waals surface area contributed by atoms with E-state index in [1.807, 2.05) is 18.2 Å². The van der Waals surface area contributed by atoms with E-state index in [2.05, 4.69) is 4.98 Å². The van der Waals surface area contributed by atoms with E-state index in [4.69, 9.17) is 5.41 Å². The summed E-state index contributed by atoms with van der Waals surface area (Å²) < 4.78 is 0. The average molecular weight is 146 g/mol. The van der Waals surface area contributed by atoms with Crippen molar-refractivity contribution in [2.24, 2.45) is 0 Å². The molecule has 0 saturated heterocycles. The molecule has 0 unspecified atom stereocenters. The van der Waals surface area contributed by atoms with Crippen LogP contribution in [-0.2, 0) is 0 Å². The molecule has 0 saturated carbocycles. The van der Waals surface area contributed by atoms with Crippen molar-refractivity contribution in [2.75, 3.05) is 0 Å². The molecule has 0 amide bonds. The Morgan fingerprint density at radius 1 is 1.64 bits per heavy atom. The third-order valence-corrected chi connectivity index (χ3v) is 1.21. The van der Waals surface area contributed by atoms with E-state index in [1.54, 1.807) is 25.4 Å². The molecular weight excluding hydrogens is 136 g/mol. The van der Waals surface area contributed by atoms with Gasteiger partial charge < -0.3 is 5.41 Å². The van der Waals surface area contributed by atoms with Crippen LogP contribution in [-0.4, -0.2) is 10.7 Å². The van der Waals surface area contributed by atoms with Crippen molar-refractivity contribution in [3.05, 3.63) is 36.2 Å². The molecule has 56 valence electrons. The van der Waals surface area contributed by atoms with Gasteiger partial charge in [-0.3, -0.25) is 4.98 Å². The van der Waals surface area contributed by atoms with Crippen LogP contribution in [0.1, 0.15) is 12.5 Å². The van der Waals surface area contributed by atoms with E-state index in [9.17, 15) is 0 Å². The van der Waals surface area contributed by atoms with Crippen molar-refractivity contribution in [3.63, 3.8) is 0 Å². The summed E-state index contributed by atoms with van der Waals surface area (Å²) in [5, 5.41) is 7.14. The largest absolute Gasteiger partial charge is 0.306 e. The lowest BCUT2D eigenvalue weighted by Crippen LogP contribution is -1.79. The second-order valence-electron chi connectivity index (χ2n) is 2.30. The fourth-order valence-corrected chi connectivity index (χ4v) is 0.696. The molecule has 11 heavy (non-hydrogen) atoms. The summed E-state index contributed by atoms with van der Waals surface area (Å²) in [5.74, 6) is 0. The molecule has 1 aromatic heterocycles. The number of allylic oxidation sites excluding steroid dienone is 1. The fourth-order valence-electron chi connectivity index (χ4n) is 0.696. The van der Waals surface area contributed by atoms with Gasteiger partial charge in [-0.15, -0.1) is 0 Å². The van der Waals surface area contributed by atoms with Gasteiger partial charge in [0, 0.05) is 18.1 Å². The smallest absolute Gasteiger partial charge is 0.0340 e. The molecule has 1 aromatic rings. The summed E-state index contributed by atoms with van der Waals surface area (Å²) in [4.78, 5) is 3.94. The average Bonchev–Trinajstić information content (AvgIpc) is 2.03. The molecule has 2 nitrogen and oxygen atoms in total. The number of hydrogen-bond donors (Lipinski definition) is 1. The molecule has 0 atom stereocenters. The molecular formula is C9H10N2. The third kappa shape index (κ3) is 2.76. The minimum Gasteiger partial charge on any atom is -0.306 e. The van der Waals surface area contributed by atoms with Crippen molar-refractivity contribution in [1.29, 1.82) is 5.41 Å². The van der Waals surface area contributed by atoms with Gasteiger partial charge in [0.2, 0.25) is 0 Å². The van der Waals surface area contributed by atoms with Crippen molar-refractivity contribution >= 4 is 11.8 Å². The molecule has 0 fully saturated rings. The van der Waals surface area contributed by atoms with E-state index >= 15 is 0 Å². The molecule has 0 aliphatic carbocycles. The van der Waals surface area contributed by atoms with Crippen LogP contribution in [0.3, 0.4) is 0 Å². The van der Waals surface area contributed by atoms with E-state index in [0.717, 1.165) is 5.56 Å². The summed E-state index contributed by atoms with van der Waals surface area (Å²) in [5.41, 5.74) is 1.58. The first-order valence-corrected chi connectivity index (χ1v) is 3.42. The monoisotopic (exact) mass is 146 g/mol. The van der Waals surface area contributed by atoms with Crippen molar-refractivity contribution in [3.8, 4) is 0 Å². The molecule has 1 rings (SSSR count). The maximum absolute atomic E-state index is 7.14. The molecule has 0 radical (unpaired) electrons. The Labute approximate surface area is 66.1 Å². The molecule has 1 N–H and O–H groups in total. The number of nitrogens with zero attached hydrogens (tertiary/aromatic N) is 1. The van der Waals surface area contributed by atoms with Gasteiger partial charge in [0.25, 0.3) is 0 Å². The van der Waals surface area contributed by atoms with Gasteiger partial charge in [-0.1, -0.05) is 12.1 Å². The quantitative estimate of drug-likeness (QED) is 0.637. The zero-order chi connectivity index (χ0) is 8.10. The first-order chi connectivity index (χ1) is 5.29. The van der Waals surface area contributed by atoms with Crippen LogP contribution in [0.25, 0.3) is 6.08 Å². The maximum atomic E-state index is 7.14. The lowest BCUT2D eigenvalue weighted by atomic mass is 10.2. The SMILES string of the molecule is CC(=N)C=Cc1cccnc1. The summed E-state index contributed by atoms with van der Waals surface area (Å²) in [6, 6.07) is 3.82. The lowest BCUT2D eigenvalue weighted by molar-refractivity contribution is 1.32. The Morgan fingerprint density at radius 3 is 3.00 bits per heavy atom. The highest BCUT2D eigenvalue weighted by Crippen LogP contribution is 1.97. The predicted octanol–water partition coefficient (Wildman–Crippen LogP) is 2.13. The molecule has 0 spiro atoms. The minimum absolute atomic E-state index is 0.550. The Hall–Kier alpha value is -1.44. The molecule has 0 aliphatic heterocycles. The summed E-state index contributed by atoms with van der Waals surface area (Å²) in [7, 11) is 0. The normalized spacial score (nSPS) is 10.3. The Balaban J connectivity index is 2.72. The summed E-state index contributed by atoms with van der Waals surface area (Å²) in [6.07, 6.45) is 7.11. The maximum Gasteiger partial charge on any atom is 0.0340 e. The van der Waals surface area contributed by atoms with E-state index in [1.165, 1.54) is 0 Å². The highest BCUT2D eigenvalue weighted by molar-refractivity contribution is 5.93. The summed E-state index contributed by atoms with van der Waals surface area (Å²) in [6.45, 7) is 1.74. The number of rotatable bonds is 2. The standard InChI is InChI=1S/C9H10N2/c1-8(10)4-5-9-3-2-6-11-7-9/h2-7,10H,1H3. The first-order valence-electron chi connectivity index (χ1n) is 3.42. The molecule has 0 aromatic carbocycles. The Bertz CT molecular complexity index is 262. The predicted molar refractivity (Wildman–Crippen MR) is 46.7 cm³/mol. The number of pyridine rings is 1. The van der Waals surface area contributed by atoms with Crippen molar-refractivity contribution < 1.29 is 0 Å². The van der Waals surface area contributed by atoms with Crippen molar-refractivity contribution in [1.82, 2.24) is 4.98 Å². The van der Waals surface area contributed by atoms with Crippen molar-refractivity contribution in [2.45, 2.75) is 6.92 Å². The number of nitrogens with one attached hydrogen (secondary N) is 1. The Morgan fingerprint density at radius 2 is 2.45 bits per heavy atom. The number of aromatic nitrogens is 1. The van der Waals surface area contributed by atoms with Gasteiger partial charge in [-0.25, -0.2) is 0 Å². The van der Waals surface area contributed by atoms with Crippen LogP contribution >= 0.6 is 0 Å². The van der Waals surface area contributed by atoms with Crippen LogP contribution < -0.4 is 0 Å². The van der Waals surface area contributed by atoms with Gasteiger partial charge in [0.1, 0.15) is 0 Å². The van der Waals surface area contributed by atoms with Crippen LogP contribution in [0.5, 0.6) is 0 Å². The highest BCUT2D eigenvalue weighted by Gasteiger charge is 1.82. The van der Waals surface area contributed by atoms with E-state index in [0.29, 0.717) is 5.71 Å². The number of hydrogen-bond acceptors (Lipinski definition) is 2. The second kappa shape index (κ2) is 3.66. The molecule has 2 heteroatoms. The van der Waals surface area contributed by atoms with Crippen LogP contribution in [0.2, 0.25) is 0 Å². The van der Waals surface area contributed by atoms with E-state index in [-0.39, 0.29) is 0 Å². The minimum atomic E-state index is 0.550. The molecule has 0 bridgehead atoms. The topological polar surface area (TPSA) is 36.7 Å². The first kappa shape index (κ1) is 7.66. The van der Waals surface area contributed by atoms with Gasteiger partial charge in [0.05, 0.1) is 0 Å². The van der Waals surface area contributed by atoms with E-state index < -0.39 is 0 Å². The zero-order valence-electron chi connectivity index (χ0n) is 6.41. The van der Waals surface area contributed by atoms with Gasteiger partial charge >= 0.3 is 0 Å². The summed E-state index contributed by atoms with van der Waals surface area (Å²) >= 11 is 0. The highest BCUT2D eigenvalue weighted by atomic mass is 14.6. The van der Waals surface area contributed by atoms with Gasteiger partial charge in [0.15, 0.2) is 0 Å².